The minimum atomic E-state index is -0.528. The Kier molecular flexibility index (Phi) is 7.21. The van der Waals surface area contributed by atoms with E-state index in [1.54, 1.807) is 0 Å². The normalized spacial score (nSPS) is 20.4. The topological polar surface area (TPSA) is 106 Å². The van der Waals surface area contributed by atoms with Crippen molar-refractivity contribution in [2.45, 2.75) is 77.7 Å². The molecule has 8 heteroatoms. The van der Waals surface area contributed by atoms with E-state index in [2.05, 4.69) is 20.8 Å². The highest BCUT2D eigenvalue weighted by Crippen LogP contribution is 2.35. The minimum Gasteiger partial charge on any atom is -0.444 e. The largest absolute Gasteiger partial charge is 0.444 e. The SMILES string of the molecule is CC(C)c1nnc(C2CCC(C(=O)NCCNC(=O)OC(C)(C)C)CC2)o1. The van der Waals surface area contributed by atoms with Gasteiger partial charge in [-0.05, 0) is 46.5 Å². The summed E-state index contributed by atoms with van der Waals surface area (Å²) in [6, 6.07) is 0. The van der Waals surface area contributed by atoms with Crippen LogP contribution >= 0.6 is 0 Å². The number of nitrogens with zero attached hydrogens (tertiary/aromatic N) is 2. The van der Waals surface area contributed by atoms with E-state index in [4.69, 9.17) is 9.15 Å². The van der Waals surface area contributed by atoms with E-state index >= 15 is 0 Å². The lowest BCUT2D eigenvalue weighted by molar-refractivity contribution is -0.126. The zero-order chi connectivity index (χ0) is 20.0. The van der Waals surface area contributed by atoms with Gasteiger partial charge in [0.1, 0.15) is 5.60 Å². The summed E-state index contributed by atoms with van der Waals surface area (Å²) in [6.07, 6.45) is 2.87. The summed E-state index contributed by atoms with van der Waals surface area (Å²) in [5, 5.41) is 13.8. The Bertz CT molecular complexity index is 628. The van der Waals surface area contributed by atoms with Crippen molar-refractivity contribution in [3.05, 3.63) is 11.8 Å². The molecule has 152 valence electrons. The molecule has 1 fully saturated rings. The summed E-state index contributed by atoms with van der Waals surface area (Å²) in [7, 11) is 0. The first-order valence-electron chi connectivity index (χ1n) is 9.73. The number of hydrogen-bond donors (Lipinski definition) is 2. The molecule has 2 amide bonds. The Morgan fingerprint density at radius 2 is 1.74 bits per heavy atom. The van der Waals surface area contributed by atoms with Gasteiger partial charge >= 0.3 is 6.09 Å². The van der Waals surface area contributed by atoms with Crippen LogP contribution in [0.4, 0.5) is 4.79 Å². The standard InChI is InChI=1S/C19H32N4O4/c1-12(2)16-22-23-17(26-16)14-8-6-13(7-9-14)15(24)20-10-11-21-18(25)27-19(3,4)5/h12-14H,6-11H2,1-5H3,(H,20,24)(H,21,25). The number of aromatic nitrogens is 2. The molecule has 0 aliphatic heterocycles. The van der Waals surface area contributed by atoms with Crippen molar-refractivity contribution >= 4 is 12.0 Å². The van der Waals surface area contributed by atoms with Gasteiger partial charge in [-0.25, -0.2) is 4.79 Å². The maximum Gasteiger partial charge on any atom is 0.407 e. The average Bonchev–Trinajstić information content (AvgIpc) is 3.07. The van der Waals surface area contributed by atoms with Gasteiger partial charge in [0.2, 0.25) is 17.7 Å². The van der Waals surface area contributed by atoms with E-state index in [-0.39, 0.29) is 23.7 Å². The van der Waals surface area contributed by atoms with Gasteiger partial charge in [-0.3, -0.25) is 4.79 Å². The van der Waals surface area contributed by atoms with Crippen molar-refractivity contribution < 1.29 is 18.7 Å². The van der Waals surface area contributed by atoms with Crippen LogP contribution in [0, 0.1) is 5.92 Å². The van der Waals surface area contributed by atoms with Crippen molar-refractivity contribution in [2.75, 3.05) is 13.1 Å². The zero-order valence-electron chi connectivity index (χ0n) is 17.0. The smallest absolute Gasteiger partial charge is 0.407 e. The second-order valence-corrected chi connectivity index (χ2v) is 8.40. The molecule has 0 saturated heterocycles. The van der Waals surface area contributed by atoms with Crippen LogP contribution in [-0.4, -0.2) is 40.9 Å². The van der Waals surface area contributed by atoms with E-state index in [0.29, 0.717) is 24.9 Å². The van der Waals surface area contributed by atoms with Gasteiger partial charge < -0.3 is 19.8 Å². The third-order valence-electron chi connectivity index (χ3n) is 4.49. The van der Waals surface area contributed by atoms with E-state index < -0.39 is 11.7 Å². The van der Waals surface area contributed by atoms with Crippen LogP contribution in [0.2, 0.25) is 0 Å². The van der Waals surface area contributed by atoms with Crippen molar-refractivity contribution in [1.82, 2.24) is 20.8 Å². The van der Waals surface area contributed by atoms with E-state index in [1.165, 1.54) is 0 Å². The highest BCUT2D eigenvalue weighted by Gasteiger charge is 2.30. The monoisotopic (exact) mass is 380 g/mol. The fraction of sp³-hybridized carbons (Fsp3) is 0.789. The summed E-state index contributed by atoms with van der Waals surface area (Å²) >= 11 is 0. The second kappa shape index (κ2) is 9.19. The van der Waals surface area contributed by atoms with Crippen LogP contribution < -0.4 is 10.6 Å². The summed E-state index contributed by atoms with van der Waals surface area (Å²) in [6.45, 7) is 10.2. The van der Waals surface area contributed by atoms with Crippen LogP contribution in [0.3, 0.4) is 0 Å². The highest BCUT2D eigenvalue weighted by molar-refractivity contribution is 5.78. The Morgan fingerprint density at radius 1 is 1.11 bits per heavy atom. The zero-order valence-corrected chi connectivity index (χ0v) is 17.0. The molecule has 0 radical (unpaired) electrons. The number of ether oxygens (including phenoxy) is 1. The molecule has 1 aliphatic carbocycles. The van der Waals surface area contributed by atoms with Crippen LogP contribution in [0.15, 0.2) is 4.42 Å². The van der Waals surface area contributed by atoms with Crippen molar-refractivity contribution in [2.24, 2.45) is 5.92 Å². The van der Waals surface area contributed by atoms with Crippen LogP contribution in [-0.2, 0) is 9.53 Å². The molecule has 1 saturated carbocycles. The third kappa shape index (κ3) is 6.84. The lowest BCUT2D eigenvalue weighted by Gasteiger charge is -2.25. The Balaban J connectivity index is 1.66. The molecule has 8 nitrogen and oxygen atoms in total. The highest BCUT2D eigenvalue weighted by atomic mass is 16.6. The van der Waals surface area contributed by atoms with Gasteiger partial charge in [-0.15, -0.1) is 10.2 Å². The average molecular weight is 380 g/mol. The van der Waals surface area contributed by atoms with Gasteiger partial charge in [0, 0.05) is 30.8 Å². The van der Waals surface area contributed by atoms with E-state index in [9.17, 15) is 9.59 Å². The van der Waals surface area contributed by atoms with Crippen LogP contribution in [0.1, 0.15) is 83.9 Å². The number of nitrogens with one attached hydrogen (secondary N) is 2. The van der Waals surface area contributed by atoms with E-state index in [1.807, 2.05) is 34.6 Å². The Hall–Kier alpha value is -2.12. The van der Waals surface area contributed by atoms with E-state index in [0.717, 1.165) is 25.7 Å². The molecule has 0 atom stereocenters. The maximum absolute atomic E-state index is 12.3. The quantitative estimate of drug-likeness (QED) is 0.735. The molecule has 1 aromatic rings. The number of rotatable bonds is 6. The molecule has 0 unspecified atom stereocenters. The first kappa shape index (κ1) is 21.2. The fourth-order valence-corrected chi connectivity index (χ4v) is 3.06. The van der Waals surface area contributed by atoms with Gasteiger partial charge in [-0.2, -0.15) is 0 Å². The lowest BCUT2D eigenvalue weighted by atomic mass is 9.81. The molecule has 1 aliphatic rings. The van der Waals surface area contributed by atoms with Crippen molar-refractivity contribution in [3.8, 4) is 0 Å². The summed E-state index contributed by atoms with van der Waals surface area (Å²) in [5.41, 5.74) is -0.528. The fourth-order valence-electron chi connectivity index (χ4n) is 3.06. The van der Waals surface area contributed by atoms with Crippen molar-refractivity contribution in [1.29, 1.82) is 0 Å². The molecule has 2 rings (SSSR count). The lowest BCUT2D eigenvalue weighted by Crippen LogP contribution is -2.40. The molecule has 1 aromatic heterocycles. The number of amides is 2. The predicted molar refractivity (Wildman–Crippen MR) is 100 cm³/mol. The number of alkyl carbamates (subject to hydrolysis) is 1. The Labute approximate surface area is 160 Å². The van der Waals surface area contributed by atoms with Gasteiger partial charge in [0.15, 0.2) is 0 Å². The maximum atomic E-state index is 12.3. The van der Waals surface area contributed by atoms with Crippen molar-refractivity contribution in [3.63, 3.8) is 0 Å². The summed E-state index contributed by atoms with van der Waals surface area (Å²) < 4.78 is 10.9. The first-order valence-corrected chi connectivity index (χ1v) is 9.73. The van der Waals surface area contributed by atoms with Crippen LogP contribution in [0.25, 0.3) is 0 Å². The number of carbonyl (C=O) groups is 2. The Morgan fingerprint density at radius 3 is 2.30 bits per heavy atom. The van der Waals surface area contributed by atoms with Gasteiger partial charge in [0.25, 0.3) is 0 Å². The van der Waals surface area contributed by atoms with Crippen LogP contribution in [0.5, 0.6) is 0 Å². The number of hydrogen-bond acceptors (Lipinski definition) is 6. The second-order valence-electron chi connectivity index (χ2n) is 8.40. The predicted octanol–water partition coefficient (Wildman–Crippen LogP) is 3.11. The molecule has 1 heterocycles. The molecule has 0 spiro atoms. The molecule has 2 N–H and O–H groups in total. The molecule has 0 bridgehead atoms. The minimum absolute atomic E-state index is 0.00438. The number of carbonyl (C=O) groups excluding carboxylic acids is 2. The molecular weight excluding hydrogens is 348 g/mol. The summed E-state index contributed by atoms with van der Waals surface area (Å²) in [4.78, 5) is 23.9. The first-order chi connectivity index (χ1) is 12.7. The molecule has 27 heavy (non-hydrogen) atoms. The third-order valence-corrected chi connectivity index (χ3v) is 4.49. The summed E-state index contributed by atoms with van der Waals surface area (Å²) in [5.74, 6) is 1.86. The van der Waals surface area contributed by atoms with Gasteiger partial charge in [-0.1, -0.05) is 13.8 Å². The molecule has 0 aromatic carbocycles. The van der Waals surface area contributed by atoms with Gasteiger partial charge in [0.05, 0.1) is 0 Å². The molecular formula is C19H32N4O4.